The van der Waals surface area contributed by atoms with Gasteiger partial charge in [0, 0.05) is 31.7 Å². The van der Waals surface area contributed by atoms with E-state index in [1.807, 2.05) is 26.2 Å². The van der Waals surface area contributed by atoms with Crippen molar-refractivity contribution in [1.29, 1.82) is 0 Å². The standard InChI is InChI=1S/C20H23ClFN5O/c1-12-23-8-14-5-6-27(11-18(14)24-12)20(28)25-19-10-26(2)9-15(19)13-3-4-16(21)17(22)7-13/h3-4,7-8,15,19H,5-6,9-11H2,1-2H3,(H,25,28)/t15-,19+/m0/s1. The first-order chi connectivity index (χ1) is 13.4. The average Bonchev–Trinajstić information content (AvgIpc) is 3.03. The molecule has 2 amide bonds. The number of urea groups is 1. The summed E-state index contributed by atoms with van der Waals surface area (Å²) < 4.78 is 13.9. The minimum Gasteiger partial charge on any atom is -0.333 e. The van der Waals surface area contributed by atoms with Gasteiger partial charge in [0.25, 0.3) is 0 Å². The Morgan fingerprint density at radius 3 is 2.96 bits per heavy atom. The summed E-state index contributed by atoms with van der Waals surface area (Å²) in [5.41, 5.74) is 2.86. The van der Waals surface area contributed by atoms with Gasteiger partial charge in [0.1, 0.15) is 11.6 Å². The Balaban J connectivity index is 1.47. The molecule has 1 N–H and O–H groups in total. The number of amides is 2. The number of benzene rings is 1. The number of hydrogen-bond donors (Lipinski definition) is 1. The first kappa shape index (κ1) is 19.1. The molecular formula is C20H23ClFN5O. The van der Waals surface area contributed by atoms with Crippen molar-refractivity contribution in [2.45, 2.75) is 31.8 Å². The Hall–Kier alpha value is -2.25. The maximum absolute atomic E-state index is 13.9. The first-order valence-corrected chi connectivity index (χ1v) is 9.79. The molecule has 0 bridgehead atoms. The Kier molecular flexibility index (Phi) is 5.21. The quantitative estimate of drug-likeness (QED) is 0.837. The molecule has 1 aromatic carbocycles. The number of carbonyl (C=O) groups excluding carboxylic acids is 1. The van der Waals surface area contributed by atoms with Crippen LogP contribution < -0.4 is 5.32 Å². The van der Waals surface area contributed by atoms with Crippen LogP contribution in [0.4, 0.5) is 9.18 Å². The van der Waals surface area contributed by atoms with Crippen molar-refractivity contribution >= 4 is 17.6 Å². The van der Waals surface area contributed by atoms with E-state index in [2.05, 4.69) is 20.2 Å². The van der Waals surface area contributed by atoms with Gasteiger partial charge in [0.15, 0.2) is 0 Å². The molecule has 4 rings (SSSR count). The molecule has 0 radical (unpaired) electrons. The number of likely N-dealkylation sites (tertiary alicyclic amines) is 1. The molecule has 2 aromatic rings. The molecule has 8 heteroatoms. The summed E-state index contributed by atoms with van der Waals surface area (Å²) in [6.07, 6.45) is 2.60. The van der Waals surface area contributed by atoms with E-state index in [1.54, 1.807) is 11.0 Å². The zero-order valence-electron chi connectivity index (χ0n) is 16.0. The number of hydrogen-bond acceptors (Lipinski definition) is 4. The number of nitrogens with zero attached hydrogens (tertiary/aromatic N) is 4. The van der Waals surface area contributed by atoms with Crippen molar-refractivity contribution in [3.8, 4) is 0 Å². The van der Waals surface area contributed by atoms with Gasteiger partial charge in [-0.05, 0) is 43.7 Å². The van der Waals surface area contributed by atoms with Crippen LogP contribution in [-0.4, -0.2) is 58.5 Å². The SMILES string of the molecule is Cc1ncc2c(n1)CN(C(=O)N[C@@H]1CN(C)C[C@H]1c1ccc(Cl)c(F)c1)CC2. The molecule has 0 saturated carbocycles. The molecule has 0 spiro atoms. The normalized spacial score (nSPS) is 22.2. The van der Waals surface area contributed by atoms with Crippen molar-refractivity contribution in [1.82, 2.24) is 25.1 Å². The Labute approximate surface area is 168 Å². The Bertz CT molecular complexity index is 908. The van der Waals surface area contributed by atoms with Crippen LogP contribution in [0.3, 0.4) is 0 Å². The van der Waals surface area contributed by atoms with E-state index in [1.165, 1.54) is 6.07 Å². The van der Waals surface area contributed by atoms with Gasteiger partial charge in [-0.2, -0.15) is 0 Å². The minimum absolute atomic E-state index is 0.0161. The molecule has 1 fully saturated rings. The summed E-state index contributed by atoms with van der Waals surface area (Å²) in [6.45, 7) is 4.43. The van der Waals surface area contributed by atoms with E-state index < -0.39 is 5.82 Å². The fraction of sp³-hybridized carbons (Fsp3) is 0.450. The van der Waals surface area contributed by atoms with Gasteiger partial charge in [-0.1, -0.05) is 17.7 Å². The lowest BCUT2D eigenvalue weighted by Gasteiger charge is -2.30. The number of aryl methyl sites for hydroxylation is 1. The number of likely N-dealkylation sites (N-methyl/N-ethyl adjacent to an activating group) is 1. The Morgan fingerprint density at radius 1 is 1.36 bits per heavy atom. The monoisotopic (exact) mass is 403 g/mol. The Morgan fingerprint density at radius 2 is 2.18 bits per heavy atom. The second kappa shape index (κ2) is 7.64. The van der Waals surface area contributed by atoms with Gasteiger partial charge in [0.05, 0.1) is 23.3 Å². The fourth-order valence-corrected chi connectivity index (χ4v) is 4.17. The van der Waals surface area contributed by atoms with Crippen LogP contribution in [0.2, 0.25) is 5.02 Å². The van der Waals surface area contributed by atoms with Crippen LogP contribution >= 0.6 is 11.6 Å². The summed E-state index contributed by atoms with van der Waals surface area (Å²) in [5.74, 6) is 0.298. The third-order valence-corrected chi connectivity index (χ3v) is 5.84. The van der Waals surface area contributed by atoms with Crippen LogP contribution in [0.5, 0.6) is 0 Å². The highest BCUT2D eigenvalue weighted by Gasteiger charge is 2.35. The first-order valence-electron chi connectivity index (χ1n) is 9.41. The van der Waals surface area contributed by atoms with Crippen molar-refractivity contribution in [3.05, 3.63) is 57.9 Å². The number of nitrogens with one attached hydrogen (secondary N) is 1. The predicted molar refractivity (Wildman–Crippen MR) is 105 cm³/mol. The molecule has 2 aliphatic rings. The summed E-state index contributed by atoms with van der Waals surface area (Å²) in [5, 5.41) is 3.26. The van der Waals surface area contributed by atoms with E-state index in [0.29, 0.717) is 25.5 Å². The highest BCUT2D eigenvalue weighted by Crippen LogP contribution is 2.29. The zero-order chi connectivity index (χ0) is 19.8. The third-order valence-electron chi connectivity index (χ3n) is 5.54. The maximum Gasteiger partial charge on any atom is 0.318 e. The number of aromatic nitrogens is 2. The number of carbonyl (C=O) groups is 1. The minimum atomic E-state index is -0.429. The van der Waals surface area contributed by atoms with E-state index in [0.717, 1.165) is 29.8 Å². The number of halogens is 2. The van der Waals surface area contributed by atoms with Crippen LogP contribution in [0, 0.1) is 12.7 Å². The summed E-state index contributed by atoms with van der Waals surface area (Å²) >= 11 is 5.82. The van der Waals surface area contributed by atoms with Crippen molar-refractivity contribution in [2.75, 3.05) is 26.7 Å². The molecule has 0 unspecified atom stereocenters. The second-order valence-electron chi connectivity index (χ2n) is 7.62. The largest absolute Gasteiger partial charge is 0.333 e. The van der Waals surface area contributed by atoms with Crippen LogP contribution in [0.25, 0.3) is 0 Å². The molecule has 3 heterocycles. The van der Waals surface area contributed by atoms with E-state index in [9.17, 15) is 9.18 Å². The molecule has 148 valence electrons. The van der Waals surface area contributed by atoms with Gasteiger partial charge in [-0.15, -0.1) is 0 Å². The highest BCUT2D eigenvalue weighted by atomic mass is 35.5. The summed E-state index contributed by atoms with van der Waals surface area (Å²) in [4.78, 5) is 25.5. The smallest absolute Gasteiger partial charge is 0.318 e. The predicted octanol–water partition coefficient (Wildman–Crippen LogP) is 2.74. The molecule has 2 atom stereocenters. The van der Waals surface area contributed by atoms with Gasteiger partial charge < -0.3 is 15.1 Å². The van der Waals surface area contributed by atoms with Gasteiger partial charge in [-0.25, -0.2) is 19.2 Å². The maximum atomic E-state index is 13.9. The summed E-state index contributed by atoms with van der Waals surface area (Å²) in [7, 11) is 2.00. The van der Waals surface area contributed by atoms with Crippen LogP contribution in [0.15, 0.2) is 24.4 Å². The van der Waals surface area contributed by atoms with Gasteiger partial charge in [-0.3, -0.25) is 0 Å². The van der Waals surface area contributed by atoms with Crippen LogP contribution in [-0.2, 0) is 13.0 Å². The molecule has 6 nitrogen and oxygen atoms in total. The number of rotatable bonds is 2. The topological polar surface area (TPSA) is 61.4 Å². The lowest BCUT2D eigenvalue weighted by atomic mass is 9.94. The zero-order valence-corrected chi connectivity index (χ0v) is 16.7. The van der Waals surface area contributed by atoms with Gasteiger partial charge >= 0.3 is 6.03 Å². The fourth-order valence-electron chi connectivity index (χ4n) is 4.05. The van der Waals surface area contributed by atoms with Crippen LogP contribution in [0.1, 0.15) is 28.6 Å². The number of fused-ring (bicyclic) bond motifs is 1. The van der Waals surface area contributed by atoms with Crippen molar-refractivity contribution < 1.29 is 9.18 Å². The average molecular weight is 404 g/mol. The second-order valence-corrected chi connectivity index (χ2v) is 8.03. The van der Waals surface area contributed by atoms with Crippen molar-refractivity contribution in [3.63, 3.8) is 0 Å². The molecule has 0 aliphatic carbocycles. The molecule has 28 heavy (non-hydrogen) atoms. The van der Waals surface area contributed by atoms with Gasteiger partial charge in [0.2, 0.25) is 0 Å². The molecule has 1 saturated heterocycles. The molecule has 2 aliphatic heterocycles. The lowest BCUT2D eigenvalue weighted by molar-refractivity contribution is 0.186. The highest BCUT2D eigenvalue weighted by molar-refractivity contribution is 6.30. The van der Waals surface area contributed by atoms with E-state index >= 15 is 0 Å². The summed E-state index contributed by atoms with van der Waals surface area (Å²) in [6, 6.07) is 4.69. The van der Waals surface area contributed by atoms with E-state index in [4.69, 9.17) is 11.6 Å². The third kappa shape index (κ3) is 3.82. The van der Waals surface area contributed by atoms with E-state index in [-0.39, 0.29) is 23.0 Å². The molecular weight excluding hydrogens is 381 g/mol. The lowest BCUT2D eigenvalue weighted by Crippen LogP contribution is -2.49. The van der Waals surface area contributed by atoms with Crippen molar-refractivity contribution in [2.24, 2.45) is 0 Å². The molecule has 1 aromatic heterocycles.